The van der Waals surface area contributed by atoms with Gasteiger partial charge in [-0.1, -0.05) is 43.3 Å². The number of rotatable bonds is 6. The lowest BCUT2D eigenvalue weighted by molar-refractivity contribution is 0.189. The molecule has 4 rings (SSSR count). The molecule has 0 spiro atoms. The standard InChI is InChI=1S/C27H27FN4O2/c1-4-16-31(27(34)29-21-12-9-11-20(28)17-21)19(3)25-30-23-14-7-6-13-22(23)26(33)32(25)24-15-8-5-10-18(24)2/h5-15,17,19H,4,16H2,1-3H3,(H,29,34). The van der Waals surface area contributed by atoms with Crippen molar-refractivity contribution in [2.24, 2.45) is 0 Å². The average Bonchev–Trinajstić information content (AvgIpc) is 2.83. The number of fused-ring (bicyclic) bond motifs is 1. The summed E-state index contributed by atoms with van der Waals surface area (Å²) in [5.74, 6) is 0.0262. The highest BCUT2D eigenvalue weighted by atomic mass is 19.1. The Morgan fingerprint density at radius 1 is 1.09 bits per heavy atom. The van der Waals surface area contributed by atoms with Gasteiger partial charge in [0.25, 0.3) is 5.56 Å². The fourth-order valence-corrected chi connectivity index (χ4v) is 4.09. The summed E-state index contributed by atoms with van der Waals surface area (Å²) in [6.07, 6.45) is 0.698. The first kappa shape index (κ1) is 23.2. The number of urea groups is 1. The molecule has 174 valence electrons. The van der Waals surface area contributed by atoms with Crippen molar-refractivity contribution in [3.8, 4) is 5.69 Å². The van der Waals surface area contributed by atoms with Crippen molar-refractivity contribution in [2.75, 3.05) is 11.9 Å². The first-order valence-corrected chi connectivity index (χ1v) is 11.3. The summed E-state index contributed by atoms with van der Waals surface area (Å²) in [5, 5.41) is 3.28. The maximum absolute atomic E-state index is 13.6. The van der Waals surface area contributed by atoms with E-state index >= 15 is 0 Å². The number of amides is 2. The van der Waals surface area contributed by atoms with E-state index in [9.17, 15) is 14.0 Å². The van der Waals surface area contributed by atoms with E-state index in [2.05, 4.69) is 5.32 Å². The predicted octanol–water partition coefficient (Wildman–Crippen LogP) is 5.84. The summed E-state index contributed by atoms with van der Waals surface area (Å²) in [5.41, 5.74) is 2.38. The van der Waals surface area contributed by atoms with Crippen LogP contribution in [0.2, 0.25) is 0 Å². The molecule has 6 nitrogen and oxygen atoms in total. The Hall–Kier alpha value is -4.00. The highest BCUT2D eigenvalue weighted by Crippen LogP contribution is 2.25. The average molecular weight is 459 g/mol. The van der Waals surface area contributed by atoms with E-state index in [1.807, 2.05) is 57.2 Å². The largest absolute Gasteiger partial charge is 0.322 e. The van der Waals surface area contributed by atoms with Gasteiger partial charge in [0.1, 0.15) is 11.6 Å². The summed E-state index contributed by atoms with van der Waals surface area (Å²) in [6, 6.07) is 19.6. The Labute approximate surface area is 197 Å². The normalized spacial score (nSPS) is 11.9. The number of carbonyl (C=O) groups excluding carboxylic acids is 1. The lowest BCUT2D eigenvalue weighted by atomic mass is 10.1. The summed E-state index contributed by atoms with van der Waals surface area (Å²) >= 11 is 0. The molecule has 0 aliphatic carbocycles. The number of halogens is 1. The van der Waals surface area contributed by atoms with E-state index in [4.69, 9.17) is 4.98 Å². The minimum absolute atomic E-state index is 0.191. The first-order chi connectivity index (χ1) is 16.4. The van der Waals surface area contributed by atoms with Gasteiger partial charge in [0.15, 0.2) is 0 Å². The van der Waals surface area contributed by atoms with E-state index in [0.29, 0.717) is 35.4 Å². The van der Waals surface area contributed by atoms with Crippen molar-refractivity contribution < 1.29 is 9.18 Å². The highest BCUT2D eigenvalue weighted by molar-refractivity contribution is 5.89. The minimum Gasteiger partial charge on any atom is -0.315 e. The minimum atomic E-state index is -0.537. The van der Waals surface area contributed by atoms with Gasteiger partial charge in [-0.3, -0.25) is 9.36 Å². The summed E-state index contributed by atoms with van der Waals surface area (Å²) in [4.78, 5) is 33.4. The Bertz CT molecular complexity index is 1400. The van der Waals surface area contributed by atoms with E-state index in [0.717, 1.165) is 11.3 Å². The number of benzene rings is 3. The Kier molecular flexibility index (Phi) is 6.72. The molecule has 1 unspecified atom stereocenters. The quantitative estimate of drug-likeness (QED) is 0.395. The van der Waals surface area contributed by atoms with Crippen LogP contribution >= 0.6 is 0 Å². The van der Waals surface area contributed by atoms with Crippen LogP contribution in [0, 0.1) is 12.7 Å². The monoisotopic (exact) mass is 458 g/mol. The molecule has 1 atom stereocenters. The number of nitrogens with zero attached hydrogens (tertiary/aromatic N) is 3. The van der Waals surface area contributed by atoms with Crippen LogP contribution in [-0.2, 0) is 0 Å². The molecule has 0 fully saturated rings. The van der Waals surface area contributed by atoms with Gasteiger partial charge >= 0.3 is 6.03 Å². The number of nitrogens with one attached hydrogen (secondary N) is 1. The van der Waals surface area contributed by atoms with Crippen LogP contribution < -0.4 is 10.9 Å². The molecular weight excluding hydrogens is 431 g/mol. The number of para-hydroxylation sites is 2. The van der Waals surface area contributed by atoms with Gasteiger partial charge in [-0.25, -0.2) is 14.2 Å². The fraction of sp³-hybridized carbons (Fsp3) is 0.222. The van der Waals surface area contributed by atoms with Crippen molar-refractivity contribution in [1.82, 2.24) is 14.5 Å². The third-order valence-electron chi connectivity index (χ3n) is 5.80. The molecule has 2 amide bonds. The SMILES string of the molecule is CCCN(C(=O)Nc1cccc(F)c1)C(C)c1nc2ccccc2c(=O)n1-c1ccccc1C. The van der Waals surface area contributed by atoms with E-state index in [1.165, 1.54) is 12.1 Å². The number of hydrogen-bond donors (Lipinski definition) is 1. The van der Waals surface area contributed by atoms with Crippen LogP contribution in [0.3, 0.4) is 0 Å². The van der Waals surface area contributed by atoms with Crippen LogP contribution in [-0.4, -0.2) is 27.0 Å². The van der Waals surface area contributed by atoms with Crippen LogP contribution in [0.1, 0.15) is 37.7 Å². The van der Waals surface area contributed by atoms with Gasteiger partial charge in [0.05, 0.1) is 22.6 Å². The number of aromatic nitrogens is 2. The number of carbonyl (C=O) groups is 1. The van der Waals surface area contributed by atoms with Crippen molar-refractivity contribution >= 4 is 22.6 Å². The van der Waals surface area contributed by atoms with Crippen molar-refractivity contribution in [2.45, 2.75) is 33.2 Å². The van der Waals surface area contributed by atoms with Gasteiger partial charge in [-0.2, -0.15) is 0 Å². The van der Waals surface area contributed by atoms with Crippen LogP contribution in [0.5, 0.6) is 0 Å². The predicted molar refractivity (Wildman–Crippen MR) is 133 cm³/mol. The number of hydrogen-bond acceptors (Lipinski definition) is 3. The zero-order valence-corrected chi connectivity index (χ0v) is 19.5. The second-order valence-electron chi connectivity index (χ2n) is 8.22. The Morgan fingerprint density at radius 3 is 2.56 bits per heavy atom. The second kappa shape index (κ2) is 9.87. The molecule has 1 N–H and O–H groups in total. The summed E-state index contributed by atoms with van der Waals surface area (Å²) < 4.78 is 15.2. The van der Waals surface area contributed by atoms with E-state index in [-0.39, 0.29) is 5.56 Å². The van der Waals surface area contributed by atoms with Crippen LogP contribution in [0.25, 0.3) is 16.6 Å². The number of anilines is 1. The molecular formula is C27H27FN4O2. The van der Waals surface area contributed by atoms with Gasteiger partial charge < -0.3 is 10.2 Å². The maximum atomic E-state index is 13.6. The molecule has 34 heavy (non-hydrogen) atoms. The Balaban J connectivity index is 1.84. The lowest BCUT2D eigenvalue weighted by Crippen LogP contribution is -2.40. The Morgan fingerprint density at radius 2 is 1.82 bits per heavy atom. The molecule has 0 saturated carbocycles. The zero-order chi connectivity index (χ0) is 24.2. The smallest absolute Gasteiger partial charge is 0.315 e. The molecule has 0 radical (unpaired) electrons. The van der Waals surface area contributed by atoms with Crippen molar-refractivity contribution in [3.05, 3.63) is 100 Å². The number of aryl methyl sites for hydroxylation is 1. The summed E-state index contributed by atoms with van der Waals surface area (Å²) in [7, 11) is 0. The van der Waals surface area contributed by atoms with Crippen molar-refractivity contribution in [3.63, 3.8) is 0 Å². The highest BCUT2D eigenvalue weighted by Gasteiger charge is 2.27. The molecule has 0 aliphatic rings. The molecule has 4 aromatic rings. The first-order valence-electron chi connectivity index (χ1n) is 11.3. The van der Waals surface area contributed by atoms with Gasteiger partial charge in [0, 0.05) is 12.2 Å². The molecule has 0 bridgehead atoms. The third kappa shape index (κ3) is 4.55. The fourth-order valence-electron chi connectivity index (χ4n) is 4.09. The third-order valence-corrected chi connectivity index (χ3v) is 5.80. The maximum Gasteiger partial charge on any atom is 0.322 e. The van der Waals surface area contributed by atoms with Gasteiger partial charge in [0.2, 0.25) is 0 Å². The molecule has 1 heterocycles. The van der Waals surface area contributed by atoms with Crippen LogP contribution in [0.15, 0.2) is 77.6 Å². The molecule has 0 aliphatic heterocycles. The van der Waals surface area contributed by atoms with Gasteiger partial charge in [-0.05, 0) is 62.2 Å². The molecule has 1 aromatic heterocycles. The zero-order valence-electron chi connectivity index (χ0n) is 19.5. The lowest BCUT2D eigenvalue weighted by Gasteiger charge is -2.30. The topological polar surface area (TPSA) is 67.2 Å². The van der Waals surface area contributed by atoms with E-state index < -0.39 is 17.9 Å². The molecule has 3 aromatic carbocycles. The summed E-state index contributed by atoms with van der Waals surface area (Å²) in [6.45, 7) is 6.19. The van der Waals surface area contributed by atoms with Gasteiger partial charge in [-0.15, -0.1) is 0 Å². The van der Waals surface area contributed by atoms with Crippen molar-refractivity contribution in [1.29, 1.82) is 0 Å². The second-order valence-corrected chi connectivity index (χ2v) is 8.22. The molecule has 0 saturated heterocycles. The van der Waals surface area contributed by atoms with Crippen LogP contribution in [0.4, 0.5) is 14.9 Å². The molecule has 7 heteroatoms. The van der Waals surface area contributed by atoms with E-state index in [1.54, 1.807) is 33.7 Å².